The third-order valence-electron chi connectivity index (χ3n) is 4.22. The van der Waals surface area contributed by atoms with Gasteiger partial charge in [-0.3, -0.25) is 4.57 Å². The van der Waals surface area contributed by atoms with Gasteiger partial charge in [0, 0.05) is 13.1 Å². The Morgan fingerprint density at radius 1 is 1.07 bits per heavy atom. The average Bonchev–Trinajstić information content (AvgIpc) is 3.33. The number of alkyl halides is 3. The molecule has 3 heterocycles. The van der Waals surface area contributed by atoms with Gasteiger partial charge in [0.05, 0.1) is 29.6 Å². The van der Waals surface area contributed by atoms with Crippen molar-refractivity contribution in [3.63, 3.8) is 0 Å². The van der Waals surface area contributed by atoms with Crippen LogP contribution in [-0.2, 0) is 17.0 Å². The van der Waals surface area contributed by atoms with E-state index < -0.39 is 12.7 Å². The fourth-order valence-corrected chi connectivity index (χ4v) is 3.87. The fourth-order valence-electron chi connectivity index (χ4n) is 2.88. The van der Waals surface area contributed by atoms with Crippen molar-refractivity contribution in [1.82, 2.24) is 25.0 Å². The number of anilines is 1. The summed E-state index contributed by atoms with van der Waals surface area (Å²) in [6.07, 6.45) is -4.42. The van der Waals surface area contributed by atoms with Crippen LogP contribution in [0.25, 0.3) is 11.5 Å². The van der Waals surface area contributed by atoms with Gasteiger partial charge in [0.25, 0.3) is 0 Å². The molecule has 2 aromatic heterocycles. The predicted octanol–water partition coefficient (Wildman–Crippen LogP) is 3.67. The third kappa shape index (κ3) is 4.87. The Balaban J connectivity index is 1.52. The van der Waals surface area contributed by atoms with E-state index in [1.165, 1.54) is 0 Å². The number of benzene rings is 1. The third-order valence-corrected chi connectivity index (χ3v) is 5.51. The number of hydrogen-bond acceptors (Lipinski definition) is 8. The Hall–Kier alpha value is -2.31. The van der Waals surface area contributed by atoms with Gasteiger partial charge in [-0.15, -0.1) is 20.4 Å². The highest BCUT2D eigenvalue weighted by atomic mass is 35.5. The van der Waals surface area contributed by atoms with Crippen LogP contribution in [0.15, 0.2) is 33.8 Å². The number of rotatable bonds is 6. The first-order valence-corrected chi connectivity index (χ1v) is 10.3. The fraction of sp³-hybridized carbons (Fsp3) is 0.412. The molecule has 4 rings (SSSR count). The quantitative estimate of drug-likeness (QED) is 0.515. The molecule has 1 aromatic carbocycles. The maximum absolute atomic E-state index is 13.2. The molecular formula is C17H16ClF3N6O2S. The van der Waals surface area contributed by atoms with Crippen LogP contribution in [-0.4, -0.2) is 57.4 Å². The van der Waals surface area contributed by atoms with Gasteiger partial charge >= 0.3 is 6.18 Å². The Morgan fingerprint density at radius 3 is 2.57 bits per heavy atom. The Morgan fingerprint density at radius 2 is 1.83 bits per heavy atom. The minimum atomic E-state index is -4.42. The summed E-state index contributed by atoms with van der Waals surface area (Å²) in [7, 11) is 0. The molecule has 0 bridgehead atoms. The molecule has 1 fully saturated rings. The first-order valence-electron chi connectivity index (χ1n) is 8.93. The van der Waals surface area contributed by atoms with Gasteiger partial charge in [-0.2, -0.15) is 13.2 Å². The van der Waals surface area contributed by atoms with Crippen molar-refractivity contribution in [2.75, 3.05) is 31.2 Å². The van der Waals surface area contributed by atoms with Gasteiger partial charge in [-0.05, 0) is 12.1 Å². The molecule has 0 amide bonds. The van der Waals surface area contributed by atoms with E-state index >= 15 is 0 Å². The van der Waals surface area contributed by atoms with E-state index in [0.717, 1.165) is 16.3 Å². The van der Waals surface area contributed by atoms with Gasteiger partial charge in [0.2, 0.25) is 17.7 Å². The molecule has 1 aliphatic heterocycles. The second-order valence-electron chi connectivity index (χ2n) is 6.35. The van der Waals surface area contributed by atoms with E-state index in [1.807, 2.05) is 0 Å². The second kappa shape index (κ2) is 8.82. The highest BCUT2D eigenvalue weighted by Gasteiger charge is 2.33. The molecule has 160 valence electrons. The summed E-state index contributed by atoms with van der Waals surface area (Å²) >= 11 is 7.17. The maximum atomic E-state index is 13.2. The summed E-state index contributed by atoms with van der Waals surface area (Å²) in [5, 5.41) is 16.4. The lowest BCUT2D eigenvalue weighted by Crippen LogP contribution is -2.38. The lowest BCUT2D eigenvalue weighted by atomic mass is 10.2. The van der Waals surface area contributed by atoms with Crippen molar-refractivity contribution >= 4 is 29.3 Å². The number of aromatic nitrogens is 5. The largest absolute Gasteiger partial charge is 0.420 e. The monoisotopic (exact) mass is 460 g/mol. The van der Waals surface area contributed by atoms with Crippen molar-refractivity contribution in [2.24, 2.45) is 0 Å². The van der Waals surface area contributed by atoms with Crippen molar-refractivity contribution < 1.29 is 22.3 Å². The molecule has 13 heteroatoms. The molecule has 0 atom stereocenters. The number of thioether (sulfide) groups is 1. The van der Waals surface area contributed by atoms with Crippen LogP contribution in [0.5, 0.6) is 0 Å². The highest BCUT2D eigenvalue weighted by Crippen LogP contribution is 2.31. The van der Waals surface area contributed by atoms with Crippen LogP contribution in [0.2, 0.25) is 5.02 Å². The lowest BCUT2D eigenvalue weighted by molar-refractivity contribution is -0.141. The predicted molar refractivity (Wildman–Crippen MR) is 103 cm³/mol. The number of nitrogens with zero attached hydrogens (tertiary/aromatic N) is 6. The molecule has 0 unspecified atom stereocenters. The van der Waals surface area contributed by atoms with E-state index in [4.69, 9.17) is 20.8 Å². The molecule has 3 aromatic rings. The molecule has 0 saturated carbocycles. The standard InChI is InChI=1S/C17H16ClF3N6O2S/c18-12-4-2-1-3-11(12)14-23-22-13(29-14)9-30-16-25-24-15(26-5-7-28-8-6-26)27(16)10-17(19,20)21/h1-4H,5-10H2. The van der Waals surface area contributed by atoms with E-state index in [2.05, 4.69) is 20.4 Å². The van der Waals surface area contributed by atoms with Gasteiger partial charge < -0.3 is 14.1 Å². The van der Waals surface area contributed by atoms with Crippen molar-refractivity contribution in [2.45, 2.75) is 23.6 Å². The van der Waals surface area contributed by atoms with Crippen LogP contribution < -0.4 is 4.90 Å². The van der Waals surface area contributed by atoms with Crippen molar-refractivity contribution in [3.8, 4) is 11.5 Å². The topological polar surface area (TPSA) is 82.1 Å². The van der Waals surface area contributed by atoms with E-state index in [-0.39, 0.29) is 28.6 Å². The minimum absolute atomic E-state index is 0.117. The lowest BCUT2D eigenvalue weighted by Gasteiger charge is -2.28. The summed E-state index contributed by atoms with van der Waals surface area (Å²) in [4.78, 5) is 1.73. The van der Waals surface area contributed by atoms with Crippen molar-refractivity contribution in [3.05, 3.63) is 35.2 Å². The van der Waals surface area contributed by atoms with Crippen LogP contribution >= 0.6 is 23.4 Å². The number of ether oxygens (including phenoxy) is 1. The molecular weight excluding hydrogens is 445 g/mol. The molecule has 1 saturated heterocycles. The number of morpholine rings is 1. The summed E-state index contributed by atoms with van der Waals surface area (Å²) < 4.78 is 51.4. The molecule has 1 aliphatic rings. The molecule has 0 N–H and O–H groups in total. The zero-order valence-electron chi connectivity index (χ0n) is 15.5. The average molecular weight is 461 g/mol. The number of hydrogen-bond donors (Lipinski definition) is 0. The van der Waals surface area contributed by atoms with Gasteiger partial charge in [0.1, 0.15) is 6.54 Å². The second-order valence-corrected chi connectivity index (χ2v) is 7.70. The van der Waals surface area contributed by atoms with Gasteiger partial charge in [0.15, 0.2) is 5.16 Å². The number of halogens is 4. The SMILES string of the molecule is FC(F)(F)Cn1c(SCc2nnc(-c3ccccc3Cl)o2)nnc1N1CCOCC1. The van der Waals surface area contributed by atoms with E-state index in [0.29, 0.717) is 36.9 Å². The van der Waals surface area contributed by atoms with Gasteiger partial charge in [-0.25, -0.2) is 0 Å². The van der Waals surface area contributed by atoms with Gasteiger partial charge in [-0.1, -0.05) is 35.5 Å². The molecule has 30 heavy (non-hydrogen) atoms. The zero-order chi connectivity index (χ0) is 21.1. The van der Waals surface area contributed by atoms with E-state index in [1.54, 1.807) is 29.2 Å². The Kier molecular flexibility index (Phi) is 6.16. The Labute approximate surface area is 178 Å². The molecule has 0 aliphatic carbocycles. The maximum Gasteiger partial charge on any atom is 0.406 e. The zero-order valence-corrected chi connectivity index (χ0v) is 17.0. The summed E-state index contributed by atoms with van der Waals surface area (Å²) in [6, 6.07) is 6.99. The summed E-state index contributed by atoms with van der Waals surface area (Å²) in [5.74, 6) is 0.781. The first kappa shape index (κ1) is 20.9. The molecule has 0 radical (unpaired) electrons. The first-order chi connectivity index (χ1) is 14.4. The van der Waals surface area contributed by atoms with Crippen LogP contribution in [0.4, 0.5) is 19.1 Å². The van der Waals surface area contributed by atoms with Crippen LogP contribution in [0.1, 0.15) is 5.89 Å². The summed E-state index contributed by atoms with van der Waals surface area (Å²) in [5.41, 5.74) is 0.581. The van der Waals surface area contributed by atoms with E-state index in [9.17, 15) is 13.2 Å². The smallest absolute Gasteiger partial charge is 0.406 e. The van der Waals surface area contributed by atoms with Crippen molar-refractivity contribution in [1.29, 1.82) is 0 Å². The minimum Gasteiger partial charge on any atom is -0.420 e. The van der Waals surface area contributed by atoms with Crippen LogP contribution in [0, 0.1) is 0 Å². The molecule has 0 spiro atoms. The molecule has 8 nitrogen and oxygen atoms in total. The Bertz CT molecular complexity index is 1010. The van der Waals surface area contributed by atoms with Crippen LogP contribution in [0.3, 0.4) is 0 Å². The highest BCUT2D eigenvalue weighted by molar-refractivity contribution is 7.98. The normalized spacial score (nSPS) is 15.0. The summed E-state index contributed by atoms with van der Waals surface area (Å²) in [6.45, 7) is 0.559.